The van der Waals surface area contributed by atoms with Gasteiger partial charge in [0.25, 0.3) is 5.91 Å². The Labute approximate surface area is 197 Å². The van der Waals surface area contributed by atoms with E-state index in [0.29, 0.717) is 34.0 Å². The molecule has 0 atom stereocenters. The largest absolute Gasteiger partial charge is 0.461 e. The molecule has 0 spiro atoms. The van der Waals surface area contributed by atoms with E-state index in [1.165, 1.54) is 23.1 Å². The maximum absolute atomic E-state index is 12.4. The van der Waals surface area contributed by atoms with Crippen molar-refractivity contribution >= 4 is 29.0 Å². The third kappa shape index (κ3) is 4.86. The second-order valence-electron chi connectivity index (χ2n) is 6.91. The van der Waals surface area contributed by atoms with Gasteiger partial charge in [0.15, 0.2) is 10.9 Å². The molecule has 8 nitrogen and oxygen atoms in total. The van der Waals surface area contributed by atoms with Crippen molar-refractivity contribution in [3.63, 3.8) is 0 Å². The van der Waals surface area contributed by atoms with Crippen LogP contribution in [-0.2, 0) is 12.3 Å². The van der Waals surface area contributed by atoms with Crippen LogP contribution in [0.25, 0.3) is 17.3 Å². The third-order valence-corrected chi connectivity index (χ3v) is 6.72. The van der Waals surface area contributed by atoms with E-state index in [9.17, 15) is 4.79 Å². The Morgan fingerprint density at radius 1 is 0.939 bits per heavy atom. The Kier molecular flexibility index (Phi) is 6.27. The summed E-state index contributed by atoms with van der Waals surface area (Å²) in [6.07, 6.45) is 1.61. The van der Waals surface area contributed by atoms with Crippen molar-refractivity contribution in [1.82, 2.24) is 30.3 Å². The van der Waals surface area contributed by atoms with Crippen LogP contribution in [0.15, 0.2) is 88.6 Å². The van der Waals surface area contributed by atoms with E-state index in [4.69, 9.17) is 4.42 Å². The molecular formula is C23H18N6O2S2. The summed E-state index contributed by atoms with van der Waals surface area (Å²) in [6.45, 7) is 0.444. The van der Waals surface area contributed by atoms with Gasteiger partial charge in [-0.3, -0.25) is 9.36 Å². The average molecular weight is 475 g/mol. The highest BCUT2D eigenvalue weighted by Gasteiger charge is 2.19. The predicted octanol–water partition coefficient (Wildman–Crippen LogP) is 4.60. The smallest absolute Gasteiger partial charge is 0.282 e. The molecule has 0 radical (unpaired) electrons. The number of rotatable bonds is 8. The molecule has 0 aliphatic heterocycles. The summed E-state index contributed by atoms with van der Waals surface area (Å²) in [5.41, 5.74) is 1.95. The van der Waals surface area contributed by atoms with Crippen molar-refractivity contribution < 1.29 is 9.21 Å². The van der Waals surface area contributed by atoms with Crippen molar-refractivity contribution in [3.05, 3.63) is 94.6 Å². The van der Waals surface area contributed by atoms with Crippen molar-refractivity contribution in [2.75, 3.05) is 0 Å². The number of aromatic nitrogens is 5. The molecule has 33 heavy (non-hydrogen) atoms. The fourth-order valence-electron chi connectivity index (χ4n) is 3.12. The average Bonchev–Trinajstić information content (AvgIpc) is 3.63. The highest BCUT2D eigenvalue weighted by Crippen LogP contribution is 2.30. The van der Waals surface area contributed by atoms with E-state index in [-0.39, 0.29) is 5.91 Å². The Bertz CT molecular complexity index is 1330. The van der Waals surface area contributed by atoms with Gasteiger partial charge in [-0.25, -0.2) is 0 Å². The maximum atomic E-state index is 12.4. The summed E-state index contributed by atoms with van der Waals surface area (Å²) in [5, 5.41) is 21.6. The van der Waals surface area contributed by atoms with Gasteiger partial charge in [0.1, 0.15) is 5.01 Å². The van der Waals surface area contributed by atoms with Gasteiger partial charge in [-0.1, -0.05) is 71.6 Å². The molecule has 0 unspecified atom stereocenters. The molecule has 1 amide bonds. The van der Waals surface area contributed by atoms with Crippen molar-refractivity contribution in [2.24, 2.45) is 0 Å². The number of nitrogens with zero attached hydrogens (tertiary/aromatic N) is 5. The molecule has 2 aromatic carbocycles. The molecule has 164 valence electrons. The van der Waals surface area contributed by atoms with Gasteiger partial charge in [-0.15, -0.1) is 20.4 Å². The maximum Gasteiger partial charge on any atom is 0.282 e. The zero-order chi connectivity index (χ0) is 22.5. The second kappa shape index (κ2) is 9.80. The first-order valence-electron chi connectivity index (χ1n) is 10.1. The van der Waals surface area contributed by atoms with Crippen molar-refractivity contribution in [2.45, 2.75) is 17.5 Å². The third-order valence-electron chi connectivity index (χ3n) is 4.67. The van der Waals surface area contributed by atoms with Crippen LogP contribution in [-0.4, -0.2) is 30.9 Å². The van der Waals surface area contributed by atoms with Crippen LogP contribution in [0.4, 0.5) is 0 Å². The van der Waals surface area contributed by atoms with Gasteiger partial charge < -0.3 is 9.73 Å². The van der Waals surface area contributed by atoms with Gasteiger partial charge in [-0.2, -0.15) is 0 Å². The Morgan fingerprint density at radius 2 is 1.73 bits per heavy atom. The van der Waals surface area contributed by atoms with E-state index in [2.05, 4.69) is 25.7 Å². The highest BCUT2D eigenvalue weighted by molar-refractivity contribution is 7.98. The van der Waals surface area contributed by atoms with E-state index >= 15 is 0 Å². The Hall–Kier alpha value is -3.76. The standard InChI is InChI=1S/C23H18N6O2S2/c30-21(24-14-16-8-3-1-4-9-16)22-27-25-19(33-22)15-32-23-28-26-20(18-12-7-13-31-18)29(23)17-10-5-2-6-11-17/h1-13H,14-15H2,(H,24,30). The first-order valence-corrected chi connectivity index (χ1v) is 11.9. The minimum absolute atomic E-state index is 0.236. The van der Waals surface area contributed by atoms with Crippen LogP contribution in [0.2, 0.25) is 0 Å². The molecule has 0 saturated carbocycles. The van der Waals surface area contributed by atoms with Crippen LogP contribution in [0.3, 0.4) is 0 Å². The minimum Gasteiger partial charge on any atom is -0.461 e. The fourth-order valence-corrected chi connectivity index (χ4v) is 4.82. The molecule has 5 rings (SSSR count). The monoisotopic (exact) mass is 474 g/mol. The molecule has 5 aromatic rings. The van der Waals surface area contributed by atoms with Crippen LogP contribution < -0.4 is 5.32 Å². The number of amides is 1. The Morgan fingerprint density at radius 3 is 2.48 bits per heavy atom. The number of para-hydroxylation sites is 1. The lowest BCUT2D eigenvalue weighted by Crippen LogP contribution is -2.22. The van der Waals surface area contributed by atoms with E-state index in [1.54, 1.807) is 6.26 Å². The van der Waals surface area contributed by atoms with Crippen LogP contribution in [0, 0.1) is 0 Å². The van der Waals surface area contributed by atoms with E-state index in [1.807, 2.05) is 77.4 Å². The second-order valence-corrected chi connectivity index (χ2v) is 8.92. The first-order chi connectivity index (χ1) is 16.3. The lowest BCUT2D eigenvalue weighted by molar-refractivity contribution is 0.0950. The van der Waals surface area contributed by atoms with Crippen LogP contribution in [0.1, 0.15) is 20.4 Å². The van der Waals surface area contributed by atoms with Crippen molar-refractivity contribution in [1.29, 1.82) is 0 Å². The predicted molar refractivity (Wildman–Crippen MR) is 126 cm³/mol. The lowest BCUT2D eigenvalue weighted by atomic mass is 10.2. The summed E-state index contributed by atoms with van der Waals surface area (Å²) in [7, 11) is 0. The normalized spacial score (nSPS) is 10.9. The number of furan rings is 1. The summed E-state index contributed by atoms with van der Waals surface area (Å²) < 4.78 is 7.49. The van der Waals surface area contributed by atoms with Gasteiger partial charge >= 0.3 is 0 Å². The van der Waals surface area contributed by atoms with Gasteiger partial charge in [0.05, 0.1) is 12.0 Å². The molecule has 0 bridgehead atoms. The quantitative estimate of drug-likeness (QED) is 0.328. The zero-order valence-electron chi connectivity index (χ0n) is 17.3. The number of hydrogen-bond acceptors (Lipinski definition) is 8. The summed E-state index contributed by atoms with van der Waals surface area (Å²) in [5.74, 6) is 1.52. The number of carbonyl (C=O) groups is 1. The summed E-state index contributed by atoms with van der Waals surface area (Å²) >= 11 is 2.74. The summed E-state index contributed by atoms with van der Waals surface area (Å²) in [4.78, 5) is 12.4. The molecule has 0 fully saturated rings. The number of nitrogens with one attached hydrogen (secondary N) is 1. The number of benzene rings is 2. The summed E-state index contributed by atoms with van der Waals surface area (Å²) in [6, 6.07) is 23.3. The molecule has 0 saturated heterocycles. The van der Waals surface area contributed by atoms with Gasteiger partial charge in [0.2, 0.25) is 10.8 Å². The van der Waals surface area contributed by atoms with Crippen LogP contribution in [0.5, 0.6) is 0 Å². The first kappa shape index (κ1) is 21.1. The van der Waals surface area contributed by atoms with E-state index in [0.717, 1.165) is 16.3 Å². The van der Waals surface area contributed by atoms with E-state index < -0.39 is 0 Å². The molecule has 0 aliphatic rings. The Balaban J connectivity index is 1.29. The van der Waals surface area contributed by atoms with Gasteiger partial charge in [0, 0.05) is 12.2 Å². The lowest BCUT2D eigenvalue weighted by Gasteiger charge is -2.08. The minimum atomic E-state index is -0.236. The number of hydrogen-bond donors (Lipinski definition) is 1. The van der Waals surface area contributed by atoms with Crippen LogP contribution >= 0.6 is 23.1 Å². The zero-order valence-corrected chi connectivity index (χ0v) is 18.9. The number of thioether (sulfide) groups is 1. The molecular weight excluding hydrogens is 456 g/mol. The number of carbonyl (C=O) groups excluding carboxylic acids is 1. The fraction of sp³-hybridized carbons (Fsp3) is 0.0870. The molecule has 10 heteroatoms. The molecule has 0 aliphatic carbocycles. The SMILES string of the molecule is O=C(NCc1ccccc1)c1nnc(CSc2nnc(-c3ccco3)n2-c2ccccc2)s1. The molecule has 3 heterocycles. The molecule has 1 N–H and O–H groups in total. The topological polar surface area (TPSA) is 98.7 Å². The van der Waals surface area contributed by atoms with Gasteiger partial charge in [-0.05, 0) is 29.8 Å². The highest BCUT2D eigenvalue weighted by atomic mass is 32.2. The molecule has 3 aromatic heterocycles. The van der Waals surface area contributed by atoms with Crippen molar-refractivity contribution in [3.8, 4) is 17.3 Å².